The van der Waals surface area contributed by atoms with Crippen LogP contribution < -0.4 is 19.5 Å². The van der Waals surface area contributed by atoms with Crippen molar-refractivity contribution in [1.29, 1.82) is 0 Å². The fourth-order valence-corrected chi connectivity index (χ4v) is 2.73. The van der Waals surface area contributed by atoms with E-state index in [0.717, 1.165) is 5.56 Å². The van der Waals surface area contributed by atoms with E-state index >= 15 is 0 Å². The molecule has 0 bridgehead atoms. The topological polar surface area (TPSA) is 56.8 Å². The van der Waals surface area contributed by atoms with E-state index < -0.39 is 6.10 Å². The van der Waals surface area contributed by atoms with E-state index in [2.05, 4.69) is 19.2 Å². The third kappa shape index (κ3) is 4.61. The second-order valence-corrected chi connectivity index (χ2v) is 6.54. The number of rotatable bonds is 7. The molecule has 0 saturated heterocycles. The number of para-hydroxylation sites is 1. The van der Waals surface area contributed by atoms with E-state index in [4.69, 9.17) is 25.8 Å². The van der Waals surface area contributed by atoms with Gasteiger partial charge in [-0.3, -0.25) is 4.79 Å². The van der Waals surface area contributed by atoms with Gasteiger partial charge in [0.05, 0.1) is 24.9 Å². The van der Waals surface area contributed by atoms with Crippen molar-refractivity contribution in [1.82, 2.24) is 0 Å². The number of carbonyl (C=O) groups excluding carboxylic acids is 1. The Kier molecular flexibility index (Phi) is 6.75. The first kappa shape index (κ1) is 19.9. The Morgan fingerprint density at radius 2 is 1.65 bits per heavy atom. The van der Waals surface area contributed by atoms with Gasteiger partial charge in [-0.15, -0.1) is 0 Å². The van der Waals surface area contributed by atoms with Crippen LogP contribution in [0.4, 0.5) is 5.69 Å². The number of methoxy groups -OCH3 is 2. The molecule has 0 radical (unpaired) electrons. The molecule has 0 fully saturated rings. The van der Waals surface area contributed by atoms with Gasteiger partial charge in [0.15, 0.2) is 6.10 Å². The zero-order chi connectivity index (χ0) is 19.3. The van der Waals surface area contributed by atoms with Crippen LogP contribution in [0.5, 0.6) is 17.2 Å². The molecule has 1 amide bonds. The number of carbonyl (C=O) groups is 1. The standard InChI is InChI=1S/C20H24ClNO4/c1-12(2)14-8-6-7-9-17(14)26-13(3)20(23)22-16-11-18(24-4)15(21)10-19(16)25-5/h6-13H,1-5H3,(H,22,23). The maximum absolute atomic E-state index is 12.6. The van der Waals surface area contributed by atoms with E-state index in [-0.39, 0.29) is 5.91 Å². The molecular weight excluding hydrogens is 354 g/mol. The normalized spacial score (nSPS) is 11.8. The predicted molar refractivity (Wildman–Crippen MR) is 104 cm³/mol. The SMILES string of the molecule is COc1cc(NC(=O)C(C)Oc2ccccc2C(C)C)c(OC)cc1Cl. The van der Waals surface area contributed by atoms with Crippen LogP contribution in [-0.2, 0) is 4.79 Å². The minimum Gasteiger partial charge on any atom is -0.495 e. The monoisotopic (exact) mass is 377 g/mol. The first-order valence-electron chi connectivity index (χ1n) is 8.35. The zero-order valence-corrected chi connectivity index (χ0v) is 16.4. The van der Waals surface area contributed by atoms with Crippen molar-refractivity contribution < 1.29 is 19.0 Å². The second kappa shape index (κ2) is 8.81. The van der Waals surface area contributed by atoms with Gasteiger partial charge in [0.25, 0.3) is 5.91 Å². The van der Waals surface area contributed by atoms with Crippen LogP contribution in [0.1, 0.15) is 32.3 Å². The molecule has 1 N–H and O–H groups in total. The van der Waals surface area contributed by atoms with Crippen molar-refractivity contribution in [3.63, 3.8) is 0 Å². The summed E-state index contributed by atoms with van der Waals surface area (Å²) in [6, 6.07) is 10.9. The van der Waals surface area contributed by atoms with Gasteiger partial charge in [0.2, 0.25) is 0 Å². The van der Waals surface area contributed by atoms with Gasteiger partial charge in [-0.05, 0) is 24.5 Å². The van der Waals surface area contributed by atoms with E-state index in [1.165, 1.54) is 14.2 Å². The Balaban J connectivity index is 2.18. The van der Waals surface area contributed by atoms with Gasteiger partial charge < -0.3 is 19.5 Å². The van der Waals surface area contributed by atoms with Gasteiger partial charge in [-0.2, -0.15) is 0 Å². The molecule has 0 aliphatic carbocycles. The van der Waals surface area contributed by atoms with Crippen LogP contribution in [-0.4, -0.2) is 26.2 Å². The van der Waals surface area contributed by atoms with Crippen LogP contribution in [0.15, 0.2) is 36.4 Å². The third-order valence-corrected chi connectivity index (χ3v) is 4.24. The van der Waals surface area contributed by atoms with Crippen LogP contribution >= 0.6 is 11.6 Å². The molecule has 1 atom stereocenters. The molecule has 0 aromatic heterocycles. The molecule has 0 aliphatic heterocycles. The smallest absolute Gasteiger partial charge is 0.265 e. The average molecular weight is 378 g/mol. The minimum atomic E-state index is -0.693. The second-order valence-electron chi connectivity index (χ2n) is 6.13. The van der Waals surface area contributed by atoms with Crippen molar-refractivity contribution in [2.24, 2.45) is 0 Å². The van der Waals surface area contributed by atoms with Crippen LogP contribution in [0.2, 0.25) is 5.02 Å². The molecular formula is C20H24ClNO4. The maximum atomic E-state index is 12.6. The Bertz CT molecular complexity index is 776. The number of ether oxygens (including phenoxy) is 3. The first-order chi connectivity index (χ1) is 12.4. The maximum Gasteiger partial charge on any atom is 0.265 e. The van der Waals surface area contributed by atoms with Crippen molar-refractivity contribution >= 4 is 23.2 Å². The summed E-state index contributed by atoms with van der Waals surface area (Å²) in [7, 11) is 3.01. The lowest BCUT2D eigenvalue weighted by atomic mass is 10.0. The molecule has 140 valence electrons. The fourth-order valence-electron chi connectivity index (χ4n) is 2.50. The highest BCUT2D eigenvalue weighted by Gasteiger charge is 2.20. The Morgan fingerprint density at radius 1 is 1.00 bits per heavy atom. The highest BCUT2D eigenvalue weighted by atomic mass is 35.5. The van der Waals surface area contributed by atoms with E-state index in [0.29, 0.717) is 33.9 Å². The lowest BCUT2D eigenvalue weighted by Crippen LogP contribution is -2.30. The highest BCUT2D eigenvalue weighted by molar-refractivity contribution is 6.32. The summed E-state index contributed by atoms with van der Waals surface area (Å²) in [4.78, 5) is 12.6. The number of amides is 1. The molecule has 26 heavy (non-hydrogen) atoms. The Labute approximate surface area is 159 Å². The van der Waals surface area contributed by atoms with Crippen LogP contribution in [0, 0.1) is 0 Å². The van der Waals surface area contributed by atoms with Crippen LogP contribution in [0.3, 0.4) is 0 Å². The van der Waals surface area contributed by atoms with E-state index in [1.807, 2.05) is 24.3 Å². The molecule has 1 unspecified atom stereocenters. The van der Waals surface area contributed by atoms with Gasteiger partial charge in [-0.25, -0.2) is 0 Å². The van der Waals surface area contributed by atoms with Crippen molar-refractivity contribution in [2.75, 3.05) is 19.5 Å². The van der Waals surface area contributed by atoms with Gasteiger partial charge >= 0.3 is 0 Å². The van der Waals surface area contributed by atoms with Crippen LogP contribution in [0.25, 0.3) is 0 Å². The highest BCUT2D eigenvalue weighted by Crippen LogP contribution is 2.36. The lowest BCUT2D eigenvalue weighted by Gasteiger charge is -2.19. The van der Waals surface area contributed by atoms with Crippen molar-refractivity contribution in [3.8, 4) is 17.2 Å². The summed E-state index contributed by atoms with van der Waals surface area (Å²) in [6.07, 6.45) is -0.693. The number of hydrogen-bond donors (Lipinski definition) is 1. The zero-order valence-electron chi connectivity index (χ0n) is 15.6. The molecule has 0 aliphatic rings. The number of anilines is 1. The Hall–Kier alpha value is -2.40. The van der Waals surface area contributed by atoms with Crippen molar-refractivity contribution in [3.05, 3.63) is 47.0 Å². The molecule has 5 nitrogen and oxygen atoms in total. The molecule has 0 saturated carbocycles. The van der Waals surface area contributed by atoms with E-state index in [1.54, 1.807) is 19.1 Å². The lowest BCUT2D eigenvalue weighted by molar-refractivity contribution is -0.122. The third-order valence-electron chi connectivity index (χ3n) is 3.95. The van der Waals surface area contributed by atoms with Gasteiger partial charge in [-0.1, -0.05) is 43.6 Å². The number of benzene rings is 2. The van der Waals surface area contributed by atoms with Gasteiger partial charge in [0.1, 0.15) is 17.2 Å². The molecule has 0 spiro atoms. The van der Waals surface area contributed by atoms with Crippen molar-refractivity contribution in [2.45, 2.75) is 32.8 Å². The number of nitrogens with one attached hydrogen (secondary N) is 1. The molecule has 2 aromatic carbocycles. The molecule has 2 aromatic rings. The summed E-state index contributed by atoms with van der Waals surface area (Å²) < 4.78 is 16.4. The number of halogens is 1. The summed E-state index contributed by atoms with van der Waals surface area (Å²) >= 11 is 6.09. The summed E-state index contributed by atoms with van der Waals surface area (Å²) in [5, 5.41) is 3.20. The molecule has 6 heteroatoms. The summed E-state index contributed by atoms with van der Waals surface area (Å²) in [5.74, 6) is 1.58. The molecule has 0 heterocycles. The summed E-state index contributed by atoms with van der Waals surface area (Å²) in [5.41, 5.74) is 1.52. The minimum absolute atomic E-state index is 0.294. The average Bonchev–Trinajstić information content (AvgIpc) is 2.62. The quantitative estimate of drug-likeness (QED) is 0.746. The van der Waals surface area contributed by atoms with E-state index in [9.17, 15) is 4.79 Å². The first-order valence-corrected chi connectivity index (χ1v) is 8.73. The van der Waals surface area contributed by atoms with Gasteiger partial charge in [0, 0.05) is 12.1 Å². The number of hydrogen-bond acceptors (Lipinski definition) is 4. The molecule has 2 rings (SSSR count). The predicted octanol–water partition coefficient (Wildman–Crippen LogP) is 4.89. The Morgan fingerprint density at radius 3 is 2.27 bits per heavy atom. The largest absolute Gasteiger partial charge is 0.495 e. The fraction of sp³-hybridized carbons (Fsp3) is 0.350. The summed E-state index contributed by atoms with van der Waals surface area (Å²) in [6.45, 7) is 5.86.